The molecule has 2 atom stereocenters. The maximum atomic E-state index is 11.9. The number of thioether (sulfide) groups is 1. The number of aryl methyl sites for hydroxylation is 1. The van der Waals surface area contributed by atoms with E-state index in [9.17, 15) is 4.79 Å². The zero-order chi connectivity index (χ0) is 14.4. The fraction of sp³-hybridized carbons (Fsp3) is 0.562. The molecular weight excluding hydrogens is 304 g/mol. The second-order valence-electron chi connectivity index (χ2n) is 5.55. The first kappa shape index (κ1) is 18.3. The maximum Gasteiger partial charge on any atom is 0.221 e. The number of benzene rings is 1. The Balaban J connectivity index is 0.00000220. The molecule has 3 nitrogen and oxygen atoms in total. The second-order valence-corrected chi connectivity index (χ2v) is 6.70. The highest BCUT2D eigenvalue weighted by Crippen LogP contribution is 2.15. The lowest BCUT2D eigenvalue weighted by molar-refractivity contribution is -0.121. The second kappa shape index (κ2) is 9.34. The maximum absolute atomic E-state index is 11.9. The van der Waals surface area contributed by atoms with Gasteiger partial charge in [0.05, 0.1) is 0 Å². The van der Waals surface area contributed by atoms with Crippen molar-refractivity contribution in [3.63, 3.8) is 0 Å². The molecule has 1 aliphatic rings. The first-order valence-corrected chi connectivity index (χ1v) is 8.45. The molecule has 118 valence electrons. The van der Waals surface area contributed by atoms with Crippen LogP contribution < -0.4 is 10.6 Å². The van der Waals surface area contributed by atoms with Crippen molar-refractivity contribution in [3.8, 4) is 0 Å². The van der Waals surface area contributed by atoms with Crippen LogP contribution >= 0.6 is 24.2 Å². The molecule has 0 radical (unpaired) electrons. The number of hydrogen-bond acceptors (Lipinski definition) is 3. The van der Waals surface area contributed by atoms with Crippen molar-refractivity contribution < 1.29 is 4.79 Å². The Morgan fingerprint density at radius 2 is 2.14 bits per heavy atom. The van der Waals surface area contributed by atoms with E-state index in [2.05, 4.69) is 48.7 Å². The van der Waals surface area contributed by atoms with Gasteiger partial charge in [-0.05, 0) is 18.4 Å². The van der Waals surface area contributed by atoms with Crippen LogP contribution in [0, 0.1) is 6.92 Å². The van der Waals surface area contributed by atoms with Gasteiger partial charge < -0.3 is 10.6 Å². The minimum atomic E-state index is 0. The van der Waals surface area contributed by atoms with Crippen LogP contribution in [0.4, 0.5) is 0 Å². The Bertz CT molecular complexity index is 432. The van der Waals surface area contributed by atoms with Gasteiger partial charge in [0.25, 0.3) is 0 Å². The van der Waals surface area contributed by atoms with Gasteiger partial charge in [0.2, 0.25) is 5.91 Å². The Kier molecular flexibility index (Phi) is 8.15. The fourth-order valence-corrected chi connectivity index (χ4v) is 3.28. The van der Waals surface area contributed by atoms with Crippen LogP contribution in [-0.4, -0.2) is 36.5 Å². The van der Waals surface area contributed by atoms with Gasteiger partial charge in [-0.25, -0.2) is 0 Å². The highest BCUT2D eigenvalue weighted by atomic mass is 35.5. The quantitative estimate of drug-likeness (QED) is 0.873. The Morgan fingerprint density at radius 1 is 1.43 bits per heavy atom. The monoisotopic (exact) mass is 328 g/mol. The molecule has 1 saturated heterocycles. The van der Waals surface area contributed by atoms with Gasteiger partial charge in [-0.15, -0.1) is 12.4 Å². The fourth-order valence-electron chi connectivity index (χ4n) is 2.33. The van der Waals surface area contributed by atoms with E-state index < -0.39 is 0 Å². The third-order valence-electron chi connectivity index (χ3n) is 3.68. The summed E-state index contributed by atoms with van der Waals surface area (Å²) in [5, 5.41) is 6.45. The summed E-state index contributed by atoms with van der Waals surface area (Å²) in [5.74, 6) is 2.71. The average Bonchev–Trinajstić information content (AvgIpc) is 2.46. The van der Waals surface area contributed by atoms with E-state index in [1.165, 1.54) is 11.1 Å². The van der Waals surface area contributed by atoms with Crippen LogP contribution in [0.25, 0.3) is 0 Å². The molecule has 2 N–H and O–H groups in total. The van der Waals surface area contributed by atoms with Gasteiger partial charge in [-0.2, -0.15) is 11.8 Å². The summed E-state index contributed by atoms with van der Waals surface area (Å²) in [6, 6.07) is 8.87. The molecule has 2 rings (SSSR count). The SMILES string of the molecule is Cc1ccc(C(C)CNC(=O)CC2CSCCN2)cc1.Cl. The summed E-state index contributed by atoms with van der Waals surface area (Å²) in [5.41, 5.74) is 2.55. The normalized spacial score (nSPS) is 19.4. The molecule has 0 saturated carbocycles. The van der Waals surface area contributed by atoms with E-state index in [-0.39, 0.29) is 18.3 Å². The van der Waals surface area contributed by atoms with E-state index in [1.54, 1.807) is 0 Å². The molecule has 0 aromatic heterocycles. The third kappa shape index (κ3) is 6.29. The molecule has 21 heavy (non-hydrogen) atoms. The number of amides is 1. The number of carbonyl (C=O) groups is 1. The van der Waals surface area contributed by atoms with Crippen molar-refractivity contribution in [2.45, 2.75) is 32.2 Å². The van der Waals surface area contributed by atoms with Gasteiger partial charge in [-0.1, -0.05) is 36.8 Å². The van der Waals surface area contributed by atoms with E-state index in [0.29, 0.717) is 24.9 Å². The van der Waals surface area contributed by atoms with E-state index in [0.717, 1.165) is 18.1 Å². The first-order chi connectivity index (χ1) is 9.65. The number of hydrogen-bond donors (Lipinski definition) is 2. The number of carbonyl (C=O) groups excluding carboxylic acids is 1. The van der Waals surface area contributed by atoms with Crippen molar-refractivity contribution in [2.24, 2.45) is 0 Å². The van der Waals surface area contributed by atoms with Crippen molar-refractivity contribution in [3.05, 3.63) is 35.4 Å². The molecule has 0 spiro atoms. The summed E-state index contributed by atoms with van der Waals surface area (Å²) in [6.07, 6.45) is 0.591. The molecule has 1 aromatic rings. The van der Waals surface area contributed by atoms with Crippen LogP contribution in [0.2, 0.25) is 0 Å². The van der Waals surface area contributed by atoms with Crippen LogP contribution in [0.5, 0.6) is 0 Å². The van der Waals surface area contributed by atoms with Crippen LogP contribution in [-0.2, 0) is 4.79 Å². The topological polar surface area (TPSA) is 41.1 Å². The average molecular weight is 329 g/mol. The van der Waals surface area contributed by atoms with E-state index in [1.807, 2.05) is 11.8 Å². The molecule has 1 aromatic carbocycles. The van der Waals surface area contributed by atoms with Crippen molar-refractivity contribution in [1.29, 1.82) is 0 Å². The highest BCUT2D eigenvalue weighted by molar-refractivity contribution is 7.99. The number of nitrogens with one attached hydrogen (secondary N) is 2. The molecule has 1 fully saturated rings. The van der Waals surface area contributed by atoms with E-state index >= 15 is 0 Å². The minimum Gasteiger partial charge on any atom is -0.355 e. The van der Waals surface area contributed by atoms with E-state index in [4.69, 9.17) is 0 Å². The predicted octanol–water partition coefficient (Wildman–Crippen LogP) is 2.73. The summed E-state index contributed by atoms with van der Waals surface area (Å²) in [6.45, 7) is 5.97. The van der Waals surface area contributed by atoms with Gasteiger partial charge in [-0.3, -0.25) is 4.79 Å². The summed E-state index contributed by atoms with van der Waals surface area (Å²) >= 11 is 1.93. The number of halogens is 1. The molecular formula is C16H25ClN2OS. The smallest absolute Gasteiger partial charge is 0.221 e. The molecule has 5 heteroatoms. The molecule has 2 unspecified atom stereocenters. The largest absolute Gasteiger partial charge is 0.355 e. The zero-order valence-corrected chi connectivity index (χ0v) is 14.4. The highest BCUT2D eigenvalue weighted by Gasteiger charge is 2.17. The molecule has 1 amide bonds. The molecule has 0 aliphatic carbocycles. The van der Waals surface area contributed by atoms with Crippen molar-refractivity contribution in [1.82, 2.24) is 10.6 Å². The molecule has 1 aliphatic heterocycles. The summed E-state index contributed by atoms with van der Waals surface area (Å²) < 4.78 is 0. The lowest BCUT2D eigenvalue weighted by atomic mass is 10.00. The van der Waals surface area contributed by atoms with Crippen LogP contribution in [0.1, 0.15) is 30.4 Å². The van der Waals surface area contributed by atoms with Gasteiger partial charge in [0, 0.05) is 37.1 Å². The lowest BCUT2D eigenvalue weighted by Crippen LogP contribution is -2.41. The van der Waals surface area contributed by atoms with Crippen molar-refractivity contribution in [2.75, 3.05) is 24.6 Å². The molecule has 1 heterocycles. The predicted molar refractivity (Wildman–Crippen MR) is 93.6 cm³/mol. The zero-order valence-electron chi connectivity index (χ0n) is 12.7. The van der Waals surface area contributed by atoms with Crippen LogP contribution in [0.3, 0.4) is 0 Å². The summed E-state index contributed by atoms with van der Waals surface area (Å²) in [7, 11) is 0. The lowest BCUT2D eigenvalue weighted by Gasteiger charge is -2.23. The summed E-state index contributed by atoms with van der Waals surface area (Å²) in [4.78, 5) is 11.9. The Morgan fingerprint density at radius 3 is 2.76 bits per heavy atom. The van der Waals surface area contributed by atoms with Gasteiger partial charge >= 0.3 is 0 Å². The third-order valence-corrected chi connectivity index (χ3v) is 4.81. The van der Waals surface area contributed by atoms with Crippen molar-refractivity contribution >= 4 is 30.1 Å². The van der Waals surface area contributed by atoms with Crippen LogP contribution in [0.15, 0.2) is 24.3 Å². The van der Waals surface area contributed by atoms with Gasteiger partial charge in [0.15, 0.2) is 0 Å². The minimum absolute atomic E-state index is 0. The molecule has 0 bridgehead atoms. The number of rotatable bonds is 5. The first-order valence-electron chi connectivity index (χ1n) is 7.29. The van der Waals surface area contributed by atoms with Gasteiger partial charge in [0.1, 0.15) is 0 Å². The Labute approximate surface area is 138 Å². The Hall–Kier alpha value is -0.710. The standard InChI is InChI=1S/C16H24N2OS.ClH/c1-12-3-5-14(6-4-12)13(2)10-18-16(19)9-15-11-20-8-7-17-15;/h3-6,13,15,17H,7-11H2,1-2H3,(H,18,19);1H.